The van der Waals surface area contributed by atoms with Crippen molar-refractivity contribution < 1.29 is 4.79 Å². The second-order valence-corrected chi connectivity index (χ2v) is 6.18. The van der Waals surface area contributed by atoms with Gasteiger partial charge in [-0.3, -0.25) is 4.79 Å². The van der Waals surface area contributed by atoms with Gasteiger partial charge in [-0.2, -0.15) is 0 Å². The van der Waals surface area contributed by atoms with Gasteiger partial charge in [0.25, 0.3) is 0 Å². The number of rotatable bonds is 3. The Labute approximate surface area is 105 Å². The predicted molar refractivity (Wildman–Crippen MR) is 70.8 cm³/mol. The second-order valence-electron chi connectivity index (χ2n) is 6.18. The van der Waals surface area contributed by atoms with E-state index in [4.69, 9.17) is 5.73 Å². The third-order valence-corrected chi connectivity index (χ3v) is 3.73. The molecule has 2 N–H and O–H groups in total. The summed E-state index contributed by atoms with van der Waals surface area (Å²) in [6.07, 6.45) is 2.54. The van der Waals surface area contributed by atoms with Crippen molar-refractivity contribution in [1.82, 2.24) is 9.80 Å². The lowest BCUT2D eigenvalue weighted by atomic mass is 9.96. The molecule has 4 heteroatoms. The number of likely N-dealkylation sites (tertiary alicyclic amines) is 1. The van der Waals surface area contributed by atoms with Crippen LogP contribution < -0.4 is 5.73 Å². The van der Waals surface area contributed by atoms with Gasteiger partial charge < -0.3 is 15.5 Å². The highest BCUT2D eigenvalue weighted by molar-refractivity contribution is 5.77. The largest absolute Gasteiger partial charge is 0.343 e. The Bertz CT molecular complexity index is 272. The van der Waals surface area contributed by atoms with Crippen molar-refractivity contribution >= 4 is 5.91 Å². The molecule has 0 aromatic carbocycles. The number of nitrogens with zero attached hydrogens (tertiary/aromatic N) is 2. The van der Waals surface area contributed by atoms with E-state index in [1.54, 1.807) is 0 Å². The quantitative estimate of drug-likeness (QED) is 0.803. The summed E-state index contributed by atoms with van der Waals surface area (Å²) in [6, 6.07) is 0.922. The molecule has 1 heterocycles. The molecule has 1 aliphatic heterocycles. The molecule has 0 bridgehead atoms. The van der Waals surface area contributed by atoms with Crippen LogP contribution in [0.25, 0.3) is 0 Å². The number of hydrogen-bond acceptors (Lipinski definition) is 3. The number of amides is 1. The van der Waals surface area contributed by atoms with E-state index in [-0.39, 0.29) is 5.91 Å². The first-order valence-electron chi connectivity index (χ1n) is 6.45. The van der Waals surface area contributed by atoms with Crippen molar-refractivity contribution in [2.45, 2.75) is 57.7 Å². The first kappa shape index (κ1) is 14.5. The minimum absolute atomic E-state index is 0.166. The molecule has 1 saturated heterocycles. The Morgan fingerprint density at radius 1 is 1.53 bits per heavy atom. The molecule has 1 rings (SSSR count). The van der Waals surface area contributed by atoms with Gasteiger partial charge in [0.2, 0.25) is 5.91 Å². The Kier molecular flexibility index (Phi) is 4.55. The zero-order valence-electron chi connectivity index (χ0n) is 11.9. The molecule has 100 valence electrons. The molecular weight excluding hydrogens is 214 g/mol. The number of piperidine rings is 1. The number of carbonyl (C=O) groups is 1. The maximum Gasteiger partial charge on any atom is 0.224 e. The van der Waals surface area contributed by atoms with Crippen LogP contribution in [-0.2, 0) is 4.79 Å². The topological polar surface area (TPSA) is 49.6 Å². The SMILES string of the molecule is CC1CC(N(C)C(=O)CC(C)(C)N)CCN1C. The van der Waals surface area contributed by atoms with E-state index in [0.29, 0.717) is 18.5 Å². The van der Waals surface area contributed by atoms with Crippen LogP contribution in [0, 0.1) is 0 Å². The normalized spacial score (nSPS) is 26.9. The summed E-state index contributed by atoms with van der Waals surface area (Å²) in [5, 5.41) is 0. The molecular formula is C13H27N3O. The lowest BCUT2D eigenvalue weighted by Crippen LogP contribution is -2.49. The van der Waals surface area contributed by atoms with Gasteiger partial charge in [0.05, 0.1) is 0 Å². The maximum atomic E-state index is 12.1. The highest BCUT2D eigenvalue weighted by atomic mass is 16.2. The fraction of sp³-hybridized carbons (Fsp3) is 0.923. The first-order valence-corrected chi connectivity index (χ1v) is 6.45. The van der Waals surface area contributed by atoms with Crippen LogP contribution in [0.15, 0.2) is 0 Å². The van der Waals surface area contributed by atoms with Gasteiger partial charge in [-0.25, -0.2) is 0 Å². The number of nitrogens with two attached hydrogens (primary N) is 1. The van der Waals surface area contributed by atoms with Gasteiger partial charge in [-0.15, -0.1) is 0 Å². The van der Waals surface area contributed by atoms with E-state index in [2.05, 4.69) is 18.9 Å². The Morgan fingerprint density at radius 3 is 2.59 bits per heavy atom. The second kappa shape index (κ2) is 5.36. The molecule has 1 amide bonds. The highest BCUT2D eigenvalue weighted by Crippen LogP contribution is 2.21. The van der Waals surface area contributed by atoms with Gasteiger partial charge in [0, 0.05) is 37.6 Å². The monoisotopic (exact) mass is 241 g/mol. The fourth-order valence-electron chi connectivity index (χ4n) is 2.33. The predicted octanol–water partition coefficient (Wildman–Crippen LogP) is 1.05. The van der Waals surface area contributed by atoms with Crippen LogP contribution in [-0.4, -0.2) is 54.0 Å². The summed E-state index contributed by atoms with van der Waals surface area (Å²) in [5.74, 6) is 0.166. The summed E-state index contributed by atoms with van der Waals surface area (Å²) >= 11 is 0. The van der Waals surface area contributed by atoms with Crippen molar-refractivity contribution in [3.63, 3.8) is 0 Å². The first-order chi connectivity index (χ1) is 7.70. The maximum absolute atomic E-state index is 12.1. The summed E-state index contributed by atoms with van der Waals surface area (Å²) in [4.78, 5) is 16.3. The van der Waals surface area contributed by atoms with E-state index in [9.17, 15) is 4.79 Å². The standard InChI is InChI=1S/C13H27N3O/c1-10-8-11(6-7-15(10)4)16(5)12(17)9-13(2,3)14/h10-11H,6-9,14H2,1-5H3. The lowest BCUT2D eigenvalue weighted by Gasteiger charge is -2.40. The Balaban J connectivity index is 2.53. The molecule has 0 aromatic rings. The van der Waals surface area contributed by atoms with Crippen molar-refractivity contribution in [3.05, 3.63) is 0 Å². The molecule has 0 radical (unpaired) electrons. The third-order valence-electron chi connectivity index (χ3n) is 3.73. The van der Waals surface area contributed by atoms with Gasteiger partial charge >= 0.3 is 0 Å². The molecule has 2 atom stereocenters. The summed E-state index contributed by atoms with van der Waals surface area (Å²) < 4.78 is 0. The smallest absolute Gasteiger partial charge is 0.224 e. The third kappa shape index (κ3) is 4.28. The van der Waals surface area contributed by atoms with Gasteiger partial charge in [0.1, 0.15) is 0 Å². The van der Waals surface area contributed by atoms with Crippen LogP contribution in [0.5, 0.6) is 0 Å². The van der Waals surface area contributed by atoms with Crippen molar-refractivity contribution in [3.8, 4) is 0 Å². The number of hydrogen-bond donors (Lipinski definition) is 1. The lowest BCUT2D eigenvalue weighted by molar-refractivity contribution is -0.134. The molecule has 4 nitrogen and oxygen atoms in total. The summed E-state index contributed by atoms with van der Waals surface area (Å²) in [5.41, 5.74) is 5.48. The zero-order chi connectivity index (χ0) is 13.2. The average molecular weight is 241 g/mol. The van der Waals surface area contributed by atoms with Crippen LogP contribution in [0.1, 0.15) is 40.0 Å². The molecule has 0 spiro atoms. The van der Waals surface area contributed by atoms with Crippen molar-refractivity contribution in [2.24, 2.45) is 5.73 Å². The van der Waals surface area contributed by atoms with Crippen LogP contribution >= 0.6 is 0 Å². The van der Waals surface area contributed by atoms with Crippen LogP contribution in [0.3, 0.4) is 0 Å². The highest BCUT2D eigenvalue weighted by Gasteiger charge is 2.29. The van der Waals surface area contributed by atoms with Crippen LogP contribution in [0.2, 0.25) is 0 Å². The van der Waals surface area contributed by atoms with Gasteiger partial charge in [-0.1, -0.05) is 0 Å². The van der Waals surface area contributed by atoms with Crippen molar-refractivity contribution in [2.75, 3.05) is 20.6 Å². The van der Waals surface area contributed by atoms with E-state index >= 15 is 0 Å². The summed E-state index contributed by atoms with van der Waals surface area (Å²) in [7, 11) is 4.06. The molecule has 0 aliphatic carbocycles. The van der Waals surface area contributed by atoms with E-state index < -0.39 is 5.54 Å². The Hall–Kier alpha value is -0.610. The molecule has 1 aliphatic rings. The van der Waals surface area contributed by atoms with E-state index in [1.165, 1.54) is 0 Å². The van der Waals surface area contributed by atoms with Gasteiger partial charge in [0.15, 0.2) is 0 Å². The zero-order valence-corrected chi connectivity index (χ0v) is 11.9. The fourth-order valence-corrected chi connectivity index (χ4v) is 2.33. The van der Waals surface area contributed by atoms with E-state index in [0.717, 1.165) is 19.4 Å². The molecule has 0 aromatic heterocycles. The number of carbonyl (C=O) groups excluding carboxylic acids is 1. The Morgan fingerprint density at radius 2 is 2.12 bits per heavy atom. The van der Waals surface area contributed by atoms with Crippen LogP contribution in [0.4, 0.5) is 0 Å². The molecule has 2 unspecified atom stereocenters. The minimum Gasteiger partial charge on any atom is -0.343 e. The van der Waals surface area contributed by atoms with Gasteiger partial charge in [-0.05, 0) is 40.7 Å². The average Bonchev–Trinajstić information content (AvgIpc) is 2.18. The summed E-state index contributed by atoms with van der Waals surface area (Å²) in [6.45, 7) is 7.08. The molecule has 1 fully saturated rings. The molecule has 0 saturated carbocycles. The van der Waals surface area contributed by atoms with E-state index in [1.807, 2.05) is 25.8 Å². The van der Waals surface area contributed by atoms with Crippen molar-refractivity contribution in [1.29, 1.82) is 0 Å². The minimum atomic E-state index is -0.414. The molecule has 17 heavy (non-hydrogen) atoms.